The lowest BCUT2D eigenvalue weighted by Crippen LogP contribution is -2.07. The van der Waals surface area contributed by atoms with E-state index in [2.05, 4.69) is 4.98 Å². The maximum absolute atomic E-state index is 12.6. The van der Waals surface area contributed by atoms with Gasteiger partial charge in [0.15, 0.2) is 0 Å². The van der Waals surface area contributed by atoms with Crippen LogP contribution in [0, 0.1) is 18.3 Å². The van der Waals surface area contributed by atoms with Crippen molar-refractivity contribution in [3.8, 4) is 6.07 Å². The Bertz CT molecular complexity index is 592. The minimum Gasteiger partial charge on any atom is -0.241 e. The van der Waals surface area contributed by atoms with Gasteiger partial charge < -0.3 is 0 Å². The zero-order chi connectivity index (χ0) is 11.9. The van der Waals surface area contributed by atoms with Gasteiger partial charge in [-0.1, -0.05) is 0 Å². The summed E-state index contributed by atoms with van der Waals surface area (Å²) in [6.07, 6.45) is -4.52. The van der Waals surface area contributed by atoms with Crippen LogP contribution in [-0.4, -0.2) is 4.98 Å². The summed E-state index contributed by atoms with van der Waals surface area (Å²) in [5.41, 5.74) is -0.995. The van der Waals surface area contributed by atoms with Crippen LogP contribution in [0.5, 0.6) is 0 Å². The summed E-state index contributed by atoms with van der Waals surface area (Å²) in [5, 5.41) is 9.36. The summed E-state index contributed by atoms with van der Waals surface area (Å²) < 4.78 is 38.4. The summed E-state index contributed by atoms with van der Waals surface area (Å²) in [4.78, 5) is 3.97. The highest BCUT2D eigenvalue weighted by Gasteiger charge is 2.34. The number of alkyl halides is 3. The van der Waals surface area contributed by atoms with E-state index in [4.69, 9.17) is 5.26 Å². The van der Waals surface area contributed by atoms with Crippen molar-refractivity contribution in [2.75, 3.05) is 0 Å². The van der Waals surface area contributed by atoms with Crippen LogP contribution in [0.25, 0.3) is 10.2 Å². The maximum Gasteiger partial charge on any atom is 0.417 e. The van der Waals surface area contributed by atoms with Crippen molar-refractivity contribution < 1.29 is 13.2 Å². The Labute approximate surface area is 93.0 Å². The normalized spacial score (nSPS) is 11.7. The fourth-order valence-electron chi connectivity index (χ4n) is 1.42. The van der Waals surface area contributed by atoms with Crippen LogP contribution in [0.2, 0.25) is 0 Å². The van der Waals surface area contributed by atoms with Gasteiger partial charge in [0.2, 0.25) is 0 Å². The van der Waals surface area contributed by atoms with E-state index in [0.717, 1.165) is 6.07 Å². The van der Waals surface area contributed by atoms with Crippen LogP contribution in [0.15, 0.2) is 12.1 Å². The van der Waals surface area contributed by atoms with Crippen molar-refractivity contribution in [2.45, 2.75) is 13.1 Å². The summed E-state index contributed by atoms with van der Waals surface area (Å²) in [6, 6.07) is 3.73. The number of aromatic nitrogens is 1. The van der Waals surface area contributed by atoms with Gasteiger partial charge in [-0.2, -0.15) is 18.4 Å². The molecular formula is C10H5F3N2S. The Morgan fingerprint density at radius 3 is 2.62 bits per heavy atom. The number of rotatable bonds is 0. The number of benzene rings is 1. The summed E-state index contributed by atoms with van der Waals surface area (Å²) >= 11 is 1.27. The molecule has 0 unspecified atom stereocenters. The fraction of sp³-hybridized carbons (Fsp3) is 0.200. The van der Waals surface area contributed by atoms with Crippen molar-refractivity contribution >= 4 is 21.6 Å². The molecule has 1 aromatic carbocycles. The topological polar surface area (TPSA) is 36.7 Å². The number of nitriles is 1. The summed E-state index contributed by atoms with van der Waals surface area (Å²) in [7, 11) is 0. The lowest BCUT2D eigenvalue weighted by atomic mass is 10.1. The molecule has 1 heterocycles. The van der Waals surface area contributed by atoms with E-state index in [-0.39, 0.29) is 11.1 Å². The lowest BCUT2D eigenvalue weighted by molar-refractivity contribution is -0.137. The average Bonchev–Trinajstić information content (AvgIpc) is 2.53. The molecule has 0 radical (unpaired) electrons. The predicted octanol–water partition coefficient (Wildman–Crippen LogP) is 3.50. The zero-order valence-corrected chi connectivity index (χ0v) is 8.91. The lowest BCUT2D eigenvalue weighted by Gasteiger charge is -2.07. The average molecular weight is 242 g/mol. The molecule has 0 N–H and O–H groups in total. The molecule has 0 aliphatic heterocycles. The van der Waals surface area contributed by atoms with Crippen LogP contribution in [0.4, 0.5) is 13.2 Å². The van der Waals surface area contributed by atoms with Gasteiger partial charge in [0, 0.05) is 0 Å². The Balaban J connectivity index is 2.78. The molecule has 2 rings (SSSR count). The third-order valence-electron chi connectivity index (χ3n) is 2.06. The first-order valence-corrected chi connectivity index (χ1v) is 5.12. The van der Waals surface area contributed by atoms with Gasteiger partial charge in [0.25, 0.3) is 0 Å². The first-order chi connectivity index (χ1) is 7.41. The quantitative estimate of drug-likeness (QED) is 0.709. The number of nitrogens with zero attached hydrogens (tertiary/aromatic N) is 2. The van der Waals surface area contributed by atoms with Crippen LogP contribution in [0.3, 0.4) is 0 Å². The van der Waals surface area contributed by atoms with E-state index in [0.29, 0.717) is 9.71 Å². The molecule has 0 fully saturated rings. The van der Waals surface area contributed by atoms with Gasteiger partial charge in [-0.3, -0.25) is 0 Å². The maximum atomic E-state index is 12.6. The molecule has 0 aliphatic carbocycles. The van der Waals surface area contributed by atoms with Gasteiger partial charge >= 0.3 is 6.18 Å². The molecule has 6 heteroatoms. The third-order valence-corrected chi connectivity index (χ3v) is 2.99. The van der Waals surface area contributed by atoms with Crippen LogP contribution in [-0.2, 0) is 6.18 Å². The highest BCUT2D eigenvalue weighted by atomic mass is 32.1. The van der Waals surface area contributed by atoms with E-state index < -0.39 is 11.7 Å². The summed E-state index contributed by atoms with van der Waals surface area (Å²) in [5.74, 6) is 0. The Morgan fingerprint density at radius 1 is 1.38 bits per heavy atom. The molecule has 0 aliphatic rings. The number of hydrogen-bond acceptors (Lipinski definition) is 3. The second kappa shape index (κ2) is 3.46. The van der Waals surface area contributed by atoms with Crippen molar-refractivity contribution in [3.05, 3.63) is 28.3 Å². The van der Waals surface area contributed by atoms with E-state index in [1.165, 1.54) is 17.4 Å². The number of halogens is 3. The molecule has 82 valence electrons. The molecule has 0 atom stereocenters. The standard InChI is InChI=1S/C10H5F3N2S/c1-5-15-8-3-7(10(11,12)13)6(4-14)2-9(8)16-5/h2-3H,1H3. The van der Waals surface area contributed by atoms with Gasteiger partial charge in [0.1, 0.15) is 0 Å². The molecule has 0 spiro atoms. The van der Waals surface area contributed by atoms with Crippen LogP contribution < -0.4 is 0 Å². The van der Waals surface area contributed by atoms with Gasteiger partial charge in [0.05, 0.1) is 32.4 Å². The molecule has 1 aromatic heterocycles. The fourth-order valence-corrected chi connectivity index (χ4v) is 2.26. The molecule has 16 heavy (non-hydrogen) atoms. The molecular weight excluding hydrogens is 237 g/mol. The largest absolute Gasteiger partial charge is 0.417 e. The smallest absolute Gasteiger partial charge is 0.241 e. The Kier molecular flexibility index (Phi) is 2.35. The first-order valence-electron chi connectivity index (χ1n) is 4.30. The number of thiazole rings is 1. The van der Waals surface area contributed by atoms with E-state index in [1.807, 2.05) is 0 Å². The third kappa shape index (κ3) is 1.74. The van der Waals surface area contributed by atoms with Crippen molar-refractivity contribution in [2.24, 2.45) is 0 Å². The SMILES string of the molecule is Cc1nc2cc(C(F)(F)F)c(C#N)cc2s1. The number of fused-ring (bicyclic) bond motifs is 1. The summed E-state index contributed by atoms with van der Waals surface area (Å²) in [6.45, 7) is 1.71. The van der Waals surface area contributed by atoms with Crippen molar-refractivity contribution in [3.63, 3.8) is 0 Å². The second-order valence-corrected chi connectivity index (χ2v) is 4.44. The van der Waals surface area contributed by atoms with Crippen molar-refractivity contribution in [1.82, 2.24) is 4.98 Å². The zero-order valence-electron chi connectivity index (χ0n) is 8.09. The molecule has 0 saturated heterocycles. The Morgan fingerprint density at radius 2 is 2.06 bits per heavy atom. The second-order valence-electron chi connectivity index (χ2n) is 3.21. The van der Waals surface area contributed by atoms with E-state index >= 15 is 0 Å². The highest BCUT2D eigenvalue weighted by Crippen LogP contribution is 2.35. The first kappa shape index (κ1) is 10.9. The molecule has 2 nitrogen and oxygen atoms in total. The molecule has 0 bridgehead atoms. The minimum absolute atomic E-state index is 0.286. The number of aryl methyl sites for hydroxylation is 1. The molecule has 0 saturated carbocycles. The number of hydrogen-bond donors (Lipinski definition) is 0. The molecule has 2 aromatic rings. The van der Waals surface area contributed by atoms with Crippen LogP contribution >= 0.6 is 11.3 Å². The monoisotopic (exact) mass is 242 g/mol. The van der Waals surface area contributed by atoms with Crippen LogP contribution in [0.1, 0.15) is 16.1 Å². The van der Waals surface area contributed by atoms with Gasteiger partial charge in [-0.15, -0.1) is 11.3 Å². The predicted molar refractivity (Wildman–Crippen MR) is 54.1 cm³/mol. The highest BCUT2D eigenvalue weighted by molar-refractivity contribution is 7.18. The van der Waals surface area contributed by atoms with E-state index in [1.54, 1.807) is 13.0 Å². The molecule has 0 amide bonds. The van der Waals surface area contributed by atoms with Gasteiger partial charge in [-0.05, 0) is 19.1 Å². The minimum atomic E-state index is -4.52. The van der Waals surface area contributed by atoms with E-state index in [9.17, 15) is 13.2 Å². The van der Waals surface area contributed by atoms with Crippen molar-refractivity contribution in [1.29, 1.82) is 5.26 Å². The Hall–Kier alpha value is -1.61. The van der Waals surface area contributed by atoms with Gasteiger partial charge in [-0.25, -0.2) is 4.98 Å².